The van der Waals surface area contributed by atoms with E-state index in [1.807, 2.05) is 6.20 Å². The van der Waals surface area contributed by atoms with Gasteiger partial charge in [-0.05, 0) is 87.1 Å². The standard InChI is InChI=1S/C32H43BN4O3Si/c1-31(2)32(3,4)40-33(39-31)26-13-12-22-17-23(10-11-24(22)18-26)25-19-28-29(35-20-25)37(21-38-15-16-41(5,6)7)30(36-28)27-9-8-14-34-27/h10-13,17-20,27,34H,8-9,14-16,21H2,1-7H3/t27-/m0/s1. The van der Waals surface area contributed by atoms with Gasteiger partial charge < -0.3 is 19.4 Å². The molecular formula is C32H43BN4O3Si. The topological polar surface area (TPSA) is 70.4 Å². The number of fused-ring (bicyclic) bond motifs is 2. The fourth-order valence-electron chi connectivity index (χ4n) is 5.59. The highest BCUT2D eigenvalue weighted by atomic mass is 28.3. The summed E-state index contributed by atoms with van der Waals surface area (Å²) in [6.45, 7) is 17.8. The second kappa shape index (κ2) is 10.6. The van der Waals surface area contributed by atoms with Crippen molar-refractivity contribution in [3.63, 3.8) is 0 Å². The molecule has 2 aromatic carbocycles. The van der Waals surface area contributed by atoms with Crippen LogP contribution in [0.25, 0.3) is 33.1 Å². The van der Waals surface area contributed by atoms with E-state index in [9.17, 15) is 0 Å². The van der Waals surface area contributed by atoms with Gasteiger partial charge in [0.1, 0.15) is 18.1 Å². The van der Waals surface area contributed by atoms with Crippen molar-refractivity contribution in [3.05, 3.63) is 54.5 Å². The van der Waals surface area contributed by atoms with Crippen LogP contribution in [0.4, 0.5) is 0 Å². The fraction of sp³-hybridized carbons (Fsp3) is 0.500. The second-order valence-corrected chi connectivity index (χ2v) is 19.5. The first-order chi connectivity index (χ1) is 19.4. The summed E-state index contributed by atoms with van der Waals surface area (Å²) in [6, 6.07) is 16.6. The summed E-state index contributed by atoms with van der Waals surface area (Å²) >= 11 is 0. The third-order valence-corrected chi connectivity index (χ3v) is 10.6. The van der Waals surface area contributed by atoms with Gasteiger partial charge in [-0.15, -0.1) is 0 Å². The molecule has 4 aromatic rings. The molecule has 0 bridgehead atoms. The summed E-state index contributed by atoms with van der Waals surface area (Å²) in [6.07, 6.45) is 4.22. The van der Waals surface area contributed by atoms with Crippen LogP contribution in [0, 0.1) is 0 Å². The zero-order valence-electron chi connectivity index (χ0n) is 25.6. The van der Waals surface area contributed by atoms with Crippen molar-refractivity contribution in [1.29, 1.82) is 0 Å². The minimum Gasteiger partial charge on any atom is -0.399 e. The maximum Gasteiger partial charge on any atom is 0.494 e. The lowest BCUT2D eigenvalue weighted by atomic mass is 9.78. The molecule has 0 spiro atoms. The highest BCUT2D eigenvalue weighted by Gasteiger charge is 2.51. The molecular weight excluding hydrogens is 527 g/mol. The van der Waals surface area contributed by atoms with Gasteiger partial charge in [-0.25, -0.2) is 9.97 Å². The summed E-state index contributed by atoms with van der Waals surface area (Å²) in [4.78, 5) is 10.0. The van der Waals surface area contributed by atoms with Crippen LogP contribution in [0.1, 0.15) is 52.4 Å². The normalized spacial score (nSPS) is 20.5. The molecule has 2 saturated heterocycles. The number of nitrogens with zero attached hydrogens (tertiary/aromatic N) is 3. The van der Waals surface area contributed by atoms with Crippen LogP contribution in [-0.4, -0.2) is 54.1 Å². The number of ether oxygens (including phenoxy) is 1. The first-order valence-electron chi connectivity index (χ1n) is 15.0. The van der Waals surface area contributed by atoms with Crippen molar-refractivity contribution in [2.24, 2.45) is 0 Å². The number of pyridine rings is 1. The van der Waals surface area contributed by atoms with E-state index in [-0.39, 0.29) is 24.4 Å². The smallest absolute Gasteiger partial charge is 0.399 e. The van der Waals surface area contributed by atoms with Gasteiger partial charge in [0.05, 0.1) is 17.2 Å². The highest BCUT2D eigenvalue weighted by molar-refractivity contribution is 6.76. The molecule has 0 amide bonds. The molecule has 4 heterocycles. The molecule has 1 atom stereocenters. The summed E-state index contributed by atoms with van der Waals surface area (Å²) < 4.78 is 20.9. The lowest BCUT2D eigenvalue weighted by molar-refractivity contribution is 0.00578. The van der Waals surface area contributed by atoms with E-state index in [0.29, 0.717) is 6.73 Å². The number of nitrogens with one attached hydrogen (secondary N) is 1. The maximum absolute atomic E-state index is 6.28. The van der Waals surface area contributed by atoms with E-state index in [1.165, 1.54) is 5.39 Å². The third kappa shape index (κ3) is 5.75. The van der Waals surface area contributed by atoms with E-state index in [4.69, 9.17) is 24.0 Å². The Morgan fingerprint density at radius 3 is 2.44 bits per heavy atom. The first kappa shape index (κ1) is 28.6. The van der Waals surface area contributed by atoms with E-state index in [0.717, 1.165) is 71.0 Å². The van der Waals surface area contributed by atoms with Crippen LogP contribution < -0.4 is 10.8 Å². The Labute approximate surface area is 245 Å². The number of benzene rings is 2. The van der Waals surface area contributed by atoms with Gasteiger partial charge in [0.25, 0.3) is 0 Å². The average molecular weight is 571 g/mol. The first-order valence-corrected chi connectivity index (χ1v) is 18.7. The predicted octanol–water partition coefficient (Wildman–Crippen LogP) is 6.29. The van der Waals surface area contributed by atoms with Gasteiger partial charge in [0.15, 0.2) is 5.65 Å². The van der Waals surface area contributed by atoms with Gasteiger partial charge in [-0.2, -0.15) is 0 Å². The summed E-state index contributed by atoms with van der Waals surface area (Å²) in [5, 5.41) is 5.93. The number of hydrogen-bond acceptors (Lipinski definition) is 6. The molecule has 2 aliphatic heterocycles. The Bertz CT molecular complexity index is 1560. The molecule has 41 heavy (non-hydrogen) atoms. The van der Waals surface area contributed by atoms with Crippen molar-refractivity contribution >= 4 is 42.6 Å². The minimum absolute atomic E-state index is 0.243. The number of hydrogen-bond donors (Lipinski definition) is 1. The van der Waals surface area contributed by atoms with Crippen molar-refractivity contribution in [2.75, 3.05) is 13.2 Å². The molecule has 6 rings (SSSR count). The molecule has 2 aliphatic rings. The third-order valence-electron chi connectivity index (χ3n) is 8.93. The lowest BCUT2D eigenvalue weighted by Crippen LogP contribution is -2.41. The Hall–Kier alpha value is -2.56. The Morgan fingerprint density at radius 1 is 1.00 bits per heavy atom. The highest BCUT2D eigenvalue weighted by Crippen LogP contribution is 2.37. The van der Waals surface area contributed by atoms with Crippen molar-refractivity contribution in [3.8, 4) is 11.1 Å². The molecule has 7 nitrogen and oxygen atoms in total. The Balaban J connectivity index is 1.27. The van der Waals surface area contributed by atoms with Crippen molar-refractivity contribution in [2.45, 2.75) is 90.2 Å². The molecule has 2 aromatic heterocycles. The van der Waals surface area contributed by atoms with E-state index < -0.39 is 8.07 Å². The molecule has 0 aliphatic carbocycles. The average Bonchev–Trinajstić information content (AvgIpc) is 3.61. The summed E-state index contributed by atoms with van der Waals surface area (Å²) in [5.74, 6) is 1.03. The van der Waals surface area contributed by atoms with Crippen molar-refractivity contribution in [1.82, 2.24) is 19.9 Å². The van der Waals surface area contributed by atoms with E-state index >= 15 is 0 Å². The molecule has 9 heteroatoms. The van der Waals surface area contributed by atoms with Crippen LogP contribution in [0.2, 0.25) is 25.7 Å². The molecule has 216 valence electrons. The zero-order chi connectivity index (χ0) is 29.0. The number of rotatable bonds is 8. The van der Waals surface area contributed by atoms with Crippen LogP contribution >= 0.6 is 0 Å². The zero-order valence-corrected chi connectivity index (χ0v) is 26.6. The molecule has 2 fully saturated rings. The molecule has 0 unspecified atom stereocenters. The number of imidazole rings is 1. The number of aromatic nitrogens is 3. The van der Waals surface area contributed by atoms with E-state index in [1.54, 1.807) is 0 Å². The van der Waals surface area contributed by atoms with Gasteiger partial charge in [-0.1, -0.05) is 50.0 Å². The van der Waals surface area contributed by atoms with Crippen LogP contribution in [0.3, 0.4) is 0 Å². The Morgan fingerprint density at radius 2 is 1.73 bits per heavy atom. The largest absolute Gasteiger partial charge is 0.494 e. The minimum atomic E-state index is -1.15. The quantitative estimate of drug-likeness (QED) is 0.198. The molecule has 1 N–H and O–H groups in total. The second-order valence-electron chi connectivity index (χ2n) is 13.9. The molecule has 0 radical (unpaired) electrons. The van der Waals surface area contributed by atoms with Gasteiger partial charge in [0, 0.05) is 26.4 Å². The van der Waals surface area contributed by atoms with E-state index in [2.05, 4.69) is 99.7 Å². The monoisotopic (exact) mass is 570 g/mol. The fourth-order valence-corrected chi connectivity index (χ4v) is 6.34. The van der Waals surface area contributed by atoms with Gasteiger partial charge in [-0.3, -0.25) is 4.57 Å². The predicted molar refractivity (Wildman–Crippen MR) is 170 cm³/mol. The van der Waals surface area contributed by atoms with Crippen LogP contribution in [0.5, 0.6) is 0 Å². The lowest BCUT2D eigenvalue weighted by Gasteiger charge is -2.32. The van der Waals surface area contributed by atoms with Crippen LogP contribution in [0.15, 0.2) is 48.7 Å². The van der Waals surface area contributed by atoms with Gasteiger partial charge >= 0.3 is 7.12 Å². The van der Waals surface area contributed by atoms with Crippen molar-refractivity contribution < 1.29 is 14.0 Å². The van der Waals surface area contributed by atoms with Gasteiger partial charge in [0.2, 0.25) is 0 Å². The summed E-state index contributed by atoms with van der Waals surface area (Å²) in [5.41, 5.74) is 4.31. The maximum atomic E-state index is 6.28. The molecule has 0 saturated carbocycles. The summed E-state index contributed by atoms with van der Waals surface area (Å²) in [7, 11) is -1.52. The van der Waals surface area contributed by atoms with Crippen LogP contribution in [-0.2, 0) is 20.8 Å². The SMILES string of the molecule is CC1(C)OB(c2ccc3cc(-c4cnc5c(c4)nc([C@@H]4CCCN4)n5COCC[Si](C)(C)C)ccc3c2)OC1(C)C. The Kier molecular flexibility index (Phi) is 7.39.